The molecule has 26 heavy (non-hydrogen) atoms. The summed E-state index contributed by atoms with van der Waals surface area (Å²) in [6.45, 7) is 3.10. The van der Waals surface area contributed by atoms with E-state index < -0.39 is 0 Å². The van der Waals surface area contributed by atoms with Gasteiger partial charge in [0.2, 0.25) is 0 Å². The van der Waals surface area contributed by atoms with Crippen molar-refractivity contribution in [3.05, 3.63) is 59.3 Å². The zero-order valence-corrected chi connectivity index (χ0v) is 15.7. The van der Waals surface area contributed by atoms with Gasteiger partial charge in [0, 0.05) is 13.1 Å². The number of benzene rings is 2. The largest absolute Gasteiger partial charge is 0.378 e. The molecular formula is C20H17BrN4O. The number of hydrogen-bond donors (Lipinski definition) is 0. The van der Waals surface area contributed by atoms with E-state index in [4.69, 9.17) is 9.72 Å². The van der Waals surface area contributed by atoms with Crippen LogP contribution >= 0.6 is 15.9 Å². The molecule has 130 valence electrons. The van der Waals surface area contributed by atoms with Crippen molar-refractivity contribution in [3.8, 4) is 11.1 Å². The molecular weight excluding hydrogens is 392 g/mol. The third-order valence-electron chi connectivity index (χ3n) is 4.78. The number of rotatable bonds is 2. The minimum atomic E-state index is 0.720. The number of nitrogens with zero attached hydrogens (tertiary/aromatic N) is 4. The lowest BCUT2D eigenvalue weighted by molar-refractivity contribution is 0.122. The highest BCUT2D eigenvalue weighted by molar-refractivity contribution is 9.10. The van der Waals surface area contributed by atoms with Gasteiger partial charge in [0.05, 0.1) is 30.4 Å². The average Bonchev–Trinajstić information content (AvgIpc) is 3.10. The second-order valence-corrected chi connectivity index (χ2v) is 7.16. The van der Waals surface area contributed by atoms with Crippen molar-refractivity contribution in [2.45, 2.75) is 0 Å². The van der Waals surface area contributed by atoms with Crippen molar-refractivity contribution < 1.29 is 4.74 Å². The molecule has 0 spiro atoms. The molecule has 4 aromatic rings. The predicted molar refractivity (Wildman–Crippen MR) is 107 cm³/mol. The number of halogens is 1. The van der Waals surface area contributed by atoms with Gasteiger partial charge in [-0.1, -0.05) is 36.4 Å². The minimum Gasteiger partial charge on any atom is -0.378 e. The third-order valence-corrected chi connectivity index (χ3v) is 5.34. The van der Waals surface area contributed by atoms with Crippen LogP contribution in [0.15, 0.2) is 59.3 Å². The number of anilines is 1. The molecule has 3 heterocycles. The summed E-state index contributed by atoms with van der Waals surface area (Å²) in [5.74, 6) is 0.914. The molecule has 6 heteroatoms. The zero-order valence-electron chi connectivity index (χ0n) is 14.1. The Morgan fingerprint density at radius 1 is 0.962 bits per heavy atom. The highest BCUT2D eigenvalue weighted by atomic mass is 79.9. The van der Waals surface area contributed by atoms with E-state index >= 15 is 0 Å². The van der Waals surface area contributed by atoms with E-state index in [-0.39, 0.29) is 0 Å². The van der Waals surface area contributed by atoms with Crippen LogP contribution in [-0.4, -0.2) is 40.7 Å². The fourth-order valence-electron chi connectivity index (χ4n) is 3.48. The van der Waals surface area contributed by atoms with Crippen LogP contribution in [-0.2, 0) is 4.74 Å². The minimum absolute atomic E-state index is 0.720. The standard InChI is InChI=1S/C20H17BrN4O/c21-18-13-22-19-20(24-8-10-26-11-9-24)23-16-12-15(6-7-17(16)25(18)19)14-4-2-1-3-5-14/h1-7,12-13H,8-11H2. The zero-order chi connectivity index (χ0) is 17.5. The summed E-state index contributed by atoms with van der Waals surface area (Å²) >= 11 is 3.64. The van der Waals surface area contributed by atoms with Crippen LogP contribution in [0.5, 0.6) is 0 Å². The van der Waals surface area contributed by atoms with Gasteiger partial charge in [0.25, 0.3) is 0 Å². The summed E-state index contributed by atoms with van der Waals surface area (Å²) in [4.78, 5) is 11.8. The van der Waals surface area contributed by atoms with Gasteiger partial charge in [-0.25, -0.2) is 9.97 Å². The van der Waals surface area contributed by atoms with Crippen molar-refractivity contribution in [1.82, 2.24) is 14.4 Å². The first kappa shape index (κ1) is 15.8. The number of ether oxygens (including phenoxy) is 1. The van der Waals surface area contributed by atoms with Gasteiger partial charge in [-0.3, -0.25) is 4.40 Å². The maximum Gasteiger partial charge on any atom is 0.181 e. The Labute approximate surface area is 159 Å². The van der Waals surface area contributed by atoms with Crippen molar-refractivity contribution in [2.75, 3.05) is 31.2 Å². The molecule has 0 saturated carbocycles. The Hall–Kier alpha value is -2.44. The van der Waals surface area contributed by atoms with Gasteiger partial charge in [0.15, 0.2) is 11.5 Å². The molecule has 0 aliphatic carbocycles. The molecule has 0 bridgehead atoms. The van der Waals surface area contributed by atoms with Crippen molar-refractivity contribution in [2.24, 2.45) is 0 Å². The Bertz CT molecular complexity index is 1090. The highest BCUT2D eigenvalue weighted by Crippen LogP contribution is 2.30. The molecule has 0 radical (unpaired) electrons. The van der Waals surface area contributed by atoms with Crippen LogP contribution in [0, 0.1) is 0 Å². The predicted octanol–water partition coefficient (Wildman–Crippen LogP) is 4.15. The number of aromatic nitrogens is 3. The van der Waals surface area contributed by atoms with Crippen LogP contribution in [0.4, 0.5) is 5.82 Å². The molecule has 5 nitrogen and oxygen atoms in total. The normalized spacial score (nSPS) is 15.0. The van der Waals surface area contributed by atoms with Crippen molar-refractivity contribution in [1.29, 1.82) is 0 Å². The SMILES string of the molecule is Brc1cnc2c(N3CCOCC3)nc3cc(-c4ccccc4)ccc3n12. The Morgan fingerprint density at radius 2 is 1.77 bits per heavy atom. The van der Waals surface area contributed by atoms with Gasteiger partial charge in [-0.2, -0.15) is 0 Å². The molecule has 1 aliphatic rings. The first-order valence-electron chi connectivity index (χ1n) is 8.66. The molecule has 0 atom stereocenters. The number of imidazole rings is 1. The maximum atomic E-state index is 5.50. The van der Waals surface area contributed by atoms with E-state index in [1.54, 1.807) is 0 Å². The second-order valence-electron chi connectivity index (χ2n) is 6.34. The lowest BCUT2D eigenvalue weighted by Gasteiger charge is -2.28. The quantitative estimate of drug-likeness (QED) is 0.499. The van der Waals surface area contributed by atoms with E-state index in [1.165, 1.54) is 5.56 Å². The average molecular weight is 409 g/mol. The highest BCUT2D eigenvalue weighted by Gasteiger charge is 2.20. The molecule has 0 N–H and O–H groups in total. The van der Waals surface area contributed by atoms with Crippen LogP contribution in [0.25, 0.3) is 27.8 Å². The van der Waals surface area contributed by atoms with E-state index in [0.29, 0.717) is 0 Å². The molecule has 0 amide bonds. The van der Waals surface area contributed by atoms with Crippen LogP contribution in [0.2, 0.25) is 0 Å². The summed E-state index contributed by atoms with van der Waals surface area (Å²) in [5.41, 5.74) is 5.22. The van der Waals surface area contributed by atoms with Gasteiger partial charge < -0.3 is 9.64 Å². The van der Waals surface area contributed by atoms with E-state index in [0.717, 1.165) is 59.0 Å². The summed E-state index contributed by atoms with van der Waals surface area (Å²) in [7, 11) is 0. The van der Waals surface area contributed by atoms with Crippen LogP contribution < -0.4 is 4.90 Å². The third kappa shape index (κ3) is 2.57. The smallest absolute Gasteiger partial charge is 0.181 e. The van der Waals surface area contributed by atoms with Crippen molar-refractivity contribution >= 4 is 38.4 Å². The summed E-state index contributed by atoms with van der Waals surface area (Å²) in [6.07, 6.45) is 1.84. The van der Waals surface area contributed by atoms with Gasteiger partial charge in [-0.05, 0) is 39.2 Å². The van der Waals surface area contributed by atoms with E-state index in [9.17, 15) is 0 Å². The number of morpholine rings is 1. The Kier molecular flexibility index (Phi) is 3.87. The fourth-order valence-corrected chi connectivity index (χ4v) is 3.94. The molecule has 2 aromatic heterocycles. The summed E-state index contributed by atoms with van der Waals surface area (Å²) in [6, 6.07) is 16.8. The Balaban J connectivity index is 1.75. The molecule has 1 aliphatic heterocycles. The first-order valence-corrected chi connectivity index (χ1v) is 9.45. The van der Waals surface area contributed by atoms with Crippen molar-refractivity contribution in [3.63, 3.8) is 0 Å². The first-order chi connectivity index (χ1) is 12.8. The van der Waals surface area contributed by atoms with E-state index in [1.807, 2.05) is 12.3 Å². The topological polar surface area (TPSA) is 42.7 Å². The maximum absolute atomic E-state index is 5.50. The molecule has 1 saturated heterocycles. The second kappa shape index (κ2) is 6.37. The fraction of sp³-hybridized carbons (Fsp3) is 0.200. The summed E-state index contributed by atoms with van der Waals surface area (Å²) < 4.78 is 8.56. The lowest BCUT2D eigenvalue weighted by Crippen LogP contribution is -2.37. The summed E-state index contributed by atoms with van der Waals surface area (Å²) in [5, 5.41) is 0. The monoisotopic (exact) mass is 408 g/mol. The van der Waals surface area contributed by atoms with E-state index in [2.05, 4.69) is 72.7 Å². The van der Waals surface area contributed by atoms with Gasteiger partial charge >= 0.3 is 0 Å². The Morgan fingerprint density at radius 3 is 2.58 bits per heavy atom. The van der Waals surface area contributed by atoms with Gasteiger partial charge in [-0.15, -0.1) is 0 Å². The molecule has 5 rings (SSSR count). The van der Waals surface area contributed by atoms with Crippen LogP contribution in [0.3, 0.4) is 0 Å². The molecule has 0 unspecified atom stereocenters. The number of fused-ring (bicyclic) bond motifs is 3. The molecule has 1 fully saturated rings. The number of hydrogen-bond acceptors (Lipinski definition) is 4. The molecule has 2 aromatic carbocycles. The van der Waals surface area contributed by atoms with Crippen LogP contribution in [0.1, 0.15) is 0 Å². The van der Waals surface area contributed by atoms with Gasteiger partial charge in [0.1, 0.15) is 4.60 Å². The lowest BCUT2D eigenvalue weighted by atomic mass is 10.1.